The van der Waals surface area contributed by atoms with Crippen LogP contribution in [-0.2, 0) is 9.59 Å². The average Bonchev–Trinajstić information content (AvgIpc) is 3.16. The van der Waals surface area contributed by atoms with Gasteiger partial charge in [-0.1, -0.05) is 12.1 Å². The number of carbonyl (C=O) groups is 2. The van der Waals surface area contributed by atoms with E-state index >= 15 is 0 Å². The summed E-state index contributed by atoms with van der Waals surface area (Å²) >= 11 is 0. The third-order valence-corrected chi connectivity index (χ3v) is 6.83. The quantitative estimate of drug-likeness (QED) is 0.206. The Morgan fingerprint density at radius 3 is 2.23 bits per heavy atom. The summed E-state index contributed by atoms with van der Waals surface area (Å²) in [5.74, 6) is -0.0307. The maximum atomic E-state index is 13.6. The molecular formula is C32H35NO6. The molecule has 7 nitrogen and oxygen atoms in total. The van der Waals surface area contributed by atoms with Crippen LogP contribution in [0.3, 0.4) is 0 Å². The zero-order valence-electron chi connectivity index (χ0n) is 23.5. The molecule has 7 heteroatoms. The van der Waals surface area contributed by atoms with Crippen molar-refractivity contribution in [2.75, 3.05) is 18.6 Å². The third-order valence-electron chi connectivity index (χ3n) is 6.83. The number of nitrogens with zero attached hydrogens (tertiary/aromatic N) is 1. The number of ether oxygens (including phenoxy) is 3. The number of hydrogen-bond donors (Lipinski definition) is 1. The molecule has 0 spiro atoms. The van der Waals surface area contributed by atoms with Gasteiger partial charge in [0, 0.05) is 11.3 Å². The van der Waals surface area contributed by atoms with Gasteiger partial charge in [0.15, 0.2) is 11.5 Å². The number of aryl methyl sites for hydroxylation is 3. The Morgan fingerprint density at radius 1 is 0.897 bits per heavy atom. The highest BCUT2D eigenvalue weighted by Gasteiger charge is 2.47. The lowest BCUT2D eigenvalue weighted by Gasteiger charge is -2.26. The van der Waals surface area contributed by atoms with E-state index in [1.165, 1.54) is 4.90 Å². The van der Waals surface area contributed by atoms with Gasteiger partial charge in [-0.2, -0.15) is 0 Å². The van der Waals surface area contributed by atoms with Gasteiger partial charge in [-0.05, 0) is 106 Å². The number of aliphatic hydroxyl groups excluding tert-OH is 1. The Hall–Kier alpha value is -4.26. The molecule has 3 aromatic carbocycles. The molecule has 1 atom stereocenters. The minimum absolute atomic E-state index is 0.00257. The van der Waals surface area contributed by atoms with Crippen LogP contribution in [0.25, 0.3) is 5.76 Å². The first kappa shape index (κ1) is 27.8. The van der Waals surface area contributed by atoms with Gasteiger partial charge in [-0.25, -0.2) is 0 Å². The number of ketones is 1. The van der Waals surface area contributed by atoms with Crippen LogP contribution in [0.15, 0.2) is 60.2 Å². The van der Waals surface area contributed by atoms with E-state index in [1.54, 1.807) is 43.5 Å². The van der Waals surface area contributed by atoms with E-state index in [9.17, 15) is 14.7 Å². The van der Waals surface area contributed by atoms with Crippen molar-refractivity contribution in [3.63, 3.8) is 0 Å². The first-order valence-electron chi connectivity index (χ1n) is 13.0. The maximum Gasteiger partial charge on any atom is 0.300 e. The van der Waals surface area contributed by atoms with E-state index in [0.717, 1.165) is 16.7 Å². The molecule has 0 aliphatic carbocycles. The van der Waals surface area contributed by atoms with Crippen LogP contribution >= 0.6 is 0 Å². The van der Waals surface area contributed by atoms with Crippen LogP contribution in [0.2, 0.25) is 0 Å². The first-order chi connectivity index (χ1) is 18.6. The number of aliphatic hydroxyl groups is 1. The molecular weight excluding hydrogens is 494 g/mol. The number of anilines is 1. The zero-order chi connectivity index (χ0) is 28.4. The van der Waals surface area contributed by atoms with E-state index in [0.29, 0.717) is 40.7 Å². The second-order valence-corrected chi connectivity index (χ2v) is 9.93. The van der Waals surface area contributed by atoms with Crippen LogP contribution in [0.5, 0.6) is 17.2 Å². The van der Waals surface area contributed by atoms with Crippen molar-refractivity contribution >= 4 is 23.1 Å². The summed E-state index contributed by atoms with van der Waals surface area (Å²) in [4.78, 5) is 28.6. The fourth-order valence-electron chi connectivity index (χ4n) is 4.76. The lowest BCUT2D eigenvalue weighted by Crippen LogP contribution is -2.29. The lowest BCUT2D eigenvalue weighted by molar-refractivity contribution is -0.132. The van der Waals surface area contributed by atoms with Crippen molar-refractivity contribution in [3.05, 3.63) is 88.0 Å². The molecule has 39 heavy (non-hydrogen) atoms. The van der Waals surface area contributed by atoms with Crippen LogP contribution in [-0.4, -0.2) is 36.6 Å². The van der Waals surface area contributed by atoms with Gasteiger partial charge in [0.1, 0.15) is 11.5 Å². The Balaban J connectivity index is 1.94. The number of amides is 1. The molecule has 1 amide bonds. The number of carbonyl (C=O) groups excluding carboxylic acids is 2. The lowest BCUT2D eigenvalue weighted by atomic mass is 9.94. The molecule has 1 aliphatic heterocycles. The second-order valence-electron chi connectivity index (χ2n) is 9.93. The molecule has 1 saturated heterocycles. The zero-order valence-corrected chi connectivity index (χ0v) is 23.5. The average molecular weight is 530 g/mol. The SMILES string of the molecule is CCOc1cc(C2/C(=C(\O)c3ccc(OC(C)C)c(C)c3)C(=O)C(=O)N2c2ccc(C)c(C)c2)ccc1OC. The monoisotopic (exact) mass is 529 g/mol. The number of Topliss-reactive ketones (excluding diaryl/α,β-unsaturated/α-hetero) is 1. The third kappa shape index (κ3) is 5.35. The van der Waals surface area contributed by atoms with E-state index in [1.807, 2.05) is 59.7 Å². The molecule has 0 radical (unpaired) electrons. The van der Waals surface area contributed by atoms with Gasteiger partial charge in [0.2, 0.25) is 0 Å². The maximum absolute atomic E-state index is 13.6. The van der Waals surface area contributed by atoms with Gasteiger partial charge < -0.3 is 19.3 Å². The van der Waals surface area contributed by atoms with Gasteiger partial charge in [-0.15, -0.1) is 0 Å². The predicted octanol–water partition coefficient (Wildman–Crippen LogP) is 6.43. The standard InChI is InChI=1S/C32H35NO6/c1-8-38-27-17-22(10-14-26(27)37-7)29-28(30(34)23-11-13-25(21(6)15-23)39-18(2)3)31(35)32(36)33(29)24-12-9-19(4)20(5)16-24/h9-18,29,34H,8H2,1-7H3/b30-28+. The molecule has 1 unspecified atom stereocenters. The summed E-state index contributed by atoms with van der Waals surface area (Å²) in [6.45, 7) is 12.0. The molecule has 1 heterocycles. The molecule has 0 bridgehead atoms. The highest BCUT2D eigenvalue weighted by atomic mass is 16.5. The largest absolute Gasteiger partial charge is 0.507 e. The molecule has 1 fully saturated rings. The Labute approximate surface area is 229 Å². The summed E-state index contributed by atoms with van der Waals surface area (Å²) in [6, 6.07) is 15.2. The number of hydrogen-bond acceptors (Lipinski definition) is 6. The number of benzene rings is 3. The summed E-state index contributed by atoms with van der Waals surface area (Å²) < 4.78 is 17.1. The van der Waals surface area contributed by atoms with Crippen molar-refractivity contribution in [2.24, 2.45) is 0 Å². The molecule has 4 rings (SSSR count). The highest BCUT2D eigenvalue weighted by molar-refractivity contribution is 6.51. The van der Waals surface area contributed by atoms with Gasteiger partial charge in [0.05, 0.1) is 31.4 Å². The van der Waals surface area contributed by atoms with Gasteiger partial charge in [-0.3, -0.25) is 14.5 Å². The smallest absolute Gasteiger partial charge is 0.300 e. The van der Waals surface area contributed by atoms with E-state index in [4.69, 9.17) is 14.2 Å². The Morgan fingerprint density at radius 2 is 1.62 bits per heavy atom. The molecule has 1 N–H and O–H groups in total. The summed E-state index contributed by atoms with van der Waals surface area (Å²) in [5, 5.41) is 11.6. The summed E-state index contributed by atoms with van der Waals surface area (Å²) in [6.07, 6.45) is -0.0129. The van der Waals surface area contributed by atoms with Crippen molar-refractivity contribution in [1.82, 2.24) is 0 Å². The minimum atomic E-state index is -0.885. The summed E-state index contributed by atoms with van der Waals surface area (Å²) in [7, 11) is 1.55. The first-order valence-corrected chi connectivity index (χ1v) is 13.0. The minimum Gasteiger partial charge on any atom is -0.507 e. The number of rotatable bonds is 8. The van der Waals surface area contributed by atoms with Crippen molar-refractivity contribution in [2.45, 2.75) is 53.7 Å². The molecule has 204 valence electrons. The van der Waals surface area contributed by atoms with Crippen LogP contribution in [0, 0.1) is 20.8 Å². The molecule has 3 aromatic rings. The van der Waals surface area contributed by atoms with Crippen LogP contribution in [0.4, 0.5) is 5.69 Å². The van der Waals surface area contributed by atoms with Gasteiger partial charge in [0.25, 0.3) is 11.7 Å². The van der Waals surface area contributed by atoms with Crippen molar-refractivity contribution in [3.8, 4) is 17.2 Å². The highest BCUT2D eigenvalue weighted by Crippen LogP contribution is 2.44. The van der Waals surface area contributed by atoms with Crippen molar-refractivity contribution < 1.29 is 28.9 Å². The second kappa shape index (κ2) is 11.2. The van der Waals surface area contributed by atoms with Crippen LogP contribution < -0.4 is 19.1 Å². The molecule has 0 aromatic heterocycles. The fourth-order valence-corrected chi connectivity index (χ4v) is 4.76. The van der Waals surface area contributed by atoms with E-state index < -0.39 is 17.7 Å². The topological polar surface area (TPSA) is 85.3 Å². The van der Waals surface area contributed by atoms with Crippen molar-refractivity contribution in [1.29, 1.82) is 0 Å². The van der Waals surface area contributed by atoms with Gasteiger partial charge >= 0.3 is 0 Å². The van der Waals surface area contributed by atoms with E-state index in [2.05, 4.69) is 0 Å². The van der Waals surface area contributed by atoms with E-state index in [-0.39, 0.29) is 17.4 Å². The predicted molar refractivity (Wildman–Crippen MR) is 152 cm³/mol. The number of methoxy groups -OCH3 is 1. The Bertz CT molecular complexity index is 1460. The normalized spacial score (nSPS) is 16.6. The fraction of sp³-hybridized carbons (Fsp3) is 0.312. The molecule has 1 aliphatic rings. The molecule has 0 saturated carbocycles. The van der Waals surface area contributed by atoms with Crippen LogP contribution in [0.1, 0.15) is 54.6 Å². The summed E-state index contributed by atoms with van der Waals surface area (Å²) in [5.41, 5.74) is 4.44. The Kier molecular flexibility index (Phi) is 8.00.